The molecule has 1 N–H and O–H groups in total. The van der Waals surface area contributed by atoms with E-state index in [9.17, 15) is 9.59 Å². The van der Waals surface area contributed by atoms with Crippen LogP contribution in [0, 0.1) is 5.92 Å². The molecule has 0 aromatic heterocycles. The summed E-state index contributed by atoms with van der Waals surface area (Å²) < 4.78 is 6.30. The van der Waals surface area contributed by atoms with Gasteiger partial charge in [0.05, 0.1) is 4.47 Å². The van der Waals surface area contributed by atoms with Crippen LogP contribution in [0.1, 0.15) is 20.8 Å². The van der Waals surface area contributed by atoms with Crippen molar-refractivity contribution >= 4 is 39.3 Å². The Balaban J connectivity index is 2.77. The summed E-state index contributed by atoms with van der Waals surface area (Å²) in [5.74, 6) is -0.00521. The first-order valence-electron chi connectivity index (χ1n) is 7.26. The first-order valence-corrected chi connectivity index (χ1v) is 8.43. The molecule has 7 heteroatoms. The van der Waals surface area contributed by atoms with Crippen molar-refractivity contribution in [1.29, 1.82) is 0 Å². The molecule has 0 heterocycles. The molecule has 0 fully saturated rings. The normalized spacial score (nSPS) is 13.4. The summed E-state index contributed by atoms with van der Waals surface area (Å²) in [5.41, 5.74) is 0. The van der Waals surface area contributed by atoms with Gasteiger partial charge in [0.2, 0.25) is 5.91 Å². The highest BCUT2D eigenvalue weighted by Crippen LogP contribution is 2.28. The summed E-state index contributed by atoms with van der Waals surface area (Å²) in [7, 11) is 3.32. The third kappa shape index (κ3) is 5.70. The predicted octanol–water partition coefficient (Wildman–Crippen LogP) is 3.10. The van der Waals surface area contributed by atoms with E-state index in [-0.39, 0.29) is 17.7 Å². The van der Waals surface area contributed by atoms with Crippen LogP contribution in [-0.4, -0.2) is 43.0 Å². The van der Waals surface area contributed by atoms with Crippen molar-refractivity contribution in [2.24, 2.45) is 5.92 Å². The number of benzene rings is 1. The van der Waals surface area contributed by atoms with Gasteiger partial charge >= 0.3 is 0 Å². The maximum absolute atomic E-state index is 12.3. The number of amides is 2. The van der Waals surface area contributed by atoms with Crippen LogP contribution in [0.4, 0.5) is 0 Å². The fraction of sp³-hybridized carbons (Fsp3) is 0.500. The summed E-state index contributed by atoms with van der Waals surface area (Å²) in [4.78, 5) is 25.9. The SMILES string of the molecule is CC(Oc1ccc(Cl)cc1Br)C(=O)NC(C(=O)N(C)C)C(C)C. The summed E-state index contributed by atoms with van der Waals surface area (Å²) in [6.45, 7) is 5.40. The van der Waals surface area contributed by atoms with Crippen LogP contribution < -0.4 is 10.1 Å². The Bertz CT molecular complexity index is 578. The molecule has 0 saturated carbocycles. The lowest BCUT2D eigenvalue weighted by Crippen LogP contribution is -2.52. The minimum absolute atomic E-state index is 0.0247. The molecule has 0 aliphatic heterocycles. The first-order chi connectivity index (χ1) is 10.6. The van der Waals surface area contributed by atoms with Gasteiger partial charge in [0.15, 0.2) is 6.10 Å². The number of rotatable bonds is 6. The monoisotopic (exact) mass is 404 g/mol. The Kier molecular flexibility index (Phi) is 7.35. The molecule has 0 aliphatic carbocycles. The average molecular weight is 406 g/mol. The number of halogens is 2. The Morgan fingerprint density at radius 2 is 1.87 bits per heavy atom. The van der Waals surface area contributed by atoms with E-state index in [0.717, 1.165) is 0 Å². The minimum atomic E-state index is -0.747. The number of carbonyl (C=O) groups is 2. The zero-order valence-corrected chi connectivity index (χ0v) is 16.2. The number of nitrogens with one attached hydrogen (secondary N) is 1. The average Bonchev–Trinajstić information content (AvgIpc) is 2.46. The van der Waals surface area contributed by atoms with E-state index in [1.807, 2.05) is 13.8 Å². The van der Waals surface area contributed by atoms with Gasteiger partial charge in [-0.2, -0.15) is 0 Å². The second-order valence-corrected chi connectivity index (χ2v) is 7.09. The minimum Gasteiger partial charge on any atom is -0.480 e. The second-order valence-electron chi connectivity index (χ2n) is 5.80. The summed E-state index contributed by atoms with van der Waals surface area (Å²) in [6.07, 6.45) is -0.747. The van der Waals surface area contributed by atoms with Crippen LogP contribution in [-0.2, 0) is 9.59 Å². The highest BCUT2D eigenvalue weighted by molar-refractivity contribution is 9.10. The third-order valence-corrected chi connectivity index (χ3v) is 4.09. The maximum Gasteiger partial charge on any atom is 0.261 e. The van der Waals surface area contributed by atoms with Crippen LogP contribution in [0.5, 0.6) is 5.75 Å². The lowest BCUT2D eigenvalue weighted by Gasteiger charge is -2.26. The van der Waals surface area contributed by atoms with Gasteiger partial charge in [-0.05, 0) is 47.0 Å². The van der Waals surface area contributed by atoms with Gasteiger partial charge in [-0.15, -0.1) is 0 Å². The molecule has 5 nitrogen and oxygen atoms in total. The smallest absolute Gasteiger partial charge is 0.261 e. The van der Waals surface area contributed by atoms with Crippen molar-refractivity contribution in [2.75, 3.05) is 14.1 Å². The lowest BCUT2D eigenvalue weighted by atomic mass is 10.0. The van der Waals surface area contributed by atoms with Gasteiger partial charge in [0.25, 0.3) is 5.91 Å². The van der Waals surface area contributed by atoms with Crippen molar-refractivity contribution < 1.29 is 14.3 Å². The van der Waals surface area contributed by atoms with Crippen molar-refractivity contribution in [2.45, 2.75) is 32.9 Å². The molecule has 1 rings (SSSR count). The Hall–Kier alpha value is -1.27. The highest BCUT2D eigenvalue weighted by Gasteiger charge is 2.28. The van der Waals surface area contributed by atoms with Gasteiger partial charge in [-0.1, -0.05) is 25.4 Å². The van der Waals surface area contributed by atoms with Gasteiger partial charge < -0.3 is 15.0 Å². The quantitative estimate of drug-likeness (QED) is 0.791. The third-order valence-electron chi connectivity index (χ3n) is 3.24. The number of hydrogen-bond donors (Lipinski definition) is 1. The van der Waals surface area contributed by atoms with E-state index >= 15 is 0 Å². The predicted molar refractivity (Wildman–Crippen MR) is 94.7 cm³/mol. The van der Waals surface area contributed by atoms with E-state index in [2.05, 4.69) is 21.2 Å². The summed E-state index contributed by atoms with van der Waals surface area (Å²) >= 11 is 9.22. The summed E-state index contributed by atoms with van der Waals surface area (Å²) in [6, 6.07) is 4.46. The van der Waals surface area contributed by atoms with Gasteiger partial charge in [0.1, 0.15) is 11.8 Å². The van der Waals surface area contributed by atoms with E-state index < -0.39 is 12.1 Å². The Morgan fingerprint density at radius 3 is 2.35 bits per heavy atom. The molecule has 0 bridgehead atoms. The molecular weight excluding hydrogens is 384 g/mol. The number of hydrogen-bond acceptors (Lipinski definition) is 3. The van der Waals surface area contributed by atoms with Crippen LogP contribution >= 0.6 is 27.5 Å². The van der Waals surface area contributed by atoms with Crippen LogP contribution in [0.2, 0.25) is 5.02 Å². The van der Waals surface area contributed by atoms with Crippen molar-refractivity contribution in [1.82, 2.24) is 10.2 Å². The summed E-state index contributed by atoms with van der Waals surface area (Å²) in [5, 5.41) is 3.32. The lowest BCUT2D eigenvalue weighted by molar-refractivity contribution is -0.137. The topological polar surface area (TPSA) is 58.6 Å². The van der Waals surface area contributed by atoms with Gasteiger partial charge in [-0.3, -0.25) is 9.59 Å². The molecule has 2 unspecified atom stereocenters. The fourth-order valence-electron chi connectivity index (χ4n) is 1.88. The molecule has 23 heavy (non-hydrogen) atoms. The molecule has 2 amide bonds. The van der Waals surface area contributed by atoms with Crippen molar-refractivity contribution in [3.63, 3.8) is 0 Å². The fourth-order valence-corrected chi connectivity index (χ4v) is 2.65. The molecule has 1 aromatic rings. The van der Waals surface area contributed by atoms with Crippen molar-refractivity contribution in [3.05, 3.63) is 27.7 Å². The number of nitrogens with zero attached hydrogens (tertiary/aromatic N) is 1. The van der Waals surface area contributed by atoms with Gasteiger partial charge in [0, 0.05) is 19.1 Å². The van der Waals surface area contributed by atoms with E-state index in [4.69, 9.17) is 16.3 Å². The zero-order chi connectivity index (χ0) is 17.7. The zero-order valence-electron chi connectivity index (χ0n) is 13.9. The van der Waals surface area contributed by atoms with Gasteiger partial charge in [-0.25, -0.2) is 0 Å². The molecule has 0 saturated heterocycles. The van der Waals surface area contributed by atoms with E-state index in [1.165, 1.54) is 4.90 Å². The number of carbonyl (C=O) groups excluding carboxylic acids is 2. The Labute approximate surface area is 150 Å². The first kappa shape index (κ1) is 19.8. The van der Waals surface area contributed by atoms with Crippen molar-refractivity contribution in [3.8, 4) is 5.75 Å². The number of ether oxygens (including phenoxy) is 1. The second kappa shape index (κ2) is 8.55. The molecule has 1 aromatic carbocycles. The molecule has 0 radical (unpaired) electrons. The Morgan fingerprint density at radius 1 is 1.26 bits per heavy atom. The van der Waals surface area contributed by atoms with Crippen LogP contribution in [0.25, 0.3) is 0 Å². The number of likely N-dealkylation sites (N-methyl/N-ethyl adjacent to an activating group) is 1. The van der Waals surface area contributed by atoms with Crippen LogP contribution in [0.3, 0.4) is 0 Å². The largest absolute Gasteiger partial charge is 0.480 e. The van der Waals surface area contributed by atoms with E-state index in [0.29, 0.717) is 15.2 Å². The molecule has 2 atom stereocenters. The molecule has 0 aliphatic rings. The maximum atomic E-state index is 12.3. The van der Waals surface area contributed by atoms with E-state index in [1.54, 1.807) is 39.2 Å². The standard InChI is InChI=1S/C16H22BrClN2O3/c1-9(2)14(16(22)20(4)5)19-15(21)10(3)23-13-7-6-11(18)8-12(13)17/h6-10,14H,1-5H3,(H,19,21). The highest BCUT2D eigenvalue weighted by atomic mass is 79.9. The van der Waals surface area contributed by atoms with Crippen LogP contribution in [0.15, 0.2) is 22.7 Å². The molecule has 128 valence electrons. The molecule has 0 spiro atoms. The molecular formula is C16H22BrClN2O3.